The molecule has 0 unspecified atom stereocenters. The Labute approximate surface area is 117 Å². The first-order chi connectivity index (χ1) is 10.0. The van der Waals surface area contributed by atoms with Gasteiger partial charge in [-0.15, -0.1) is 5.10 Å². The zero-order valence-corrected chi connectivity index (χ0v) is 10.7. The zero-order chi connectivity index (χ0) is 15.1. The largest absolute Gasteiger partial charge is 0.382 e. The van der Waals surface area contributed by atoms with E-state index >= 15 is 0 Å². The Bertz CT molecular complexity index is 735. The molecule has 0 radical (unpaired) electrons. The molecular weight excluding hydrogens is 283 g/mol. The van der Waals surface area contributed by atoms with E-state index in [0.717, 1.165) is 29.7 Å². The van der Waals surface area contributed by atoms with Gasteiger partial charge in [0.15, 0.2) is 23.3 Å². The summed E-state index contributed by atoms with van der Waals surface area (Å²) in [7, 11) is 0. The van der Waals surface area contributed by atoms with Crippen molar-refractivity contribution in [3.05, 3.63) is 35.1 Å². The number of halogens is 3. The maximum Gasteiger partial charge on any atom is 0.194 e. The first-order valence-corrected chi connectivity index (χ1v) is 6.21. The molecule has 0 amide bonds. The van der Waals surface area contributed by atoms with Gasteiger partial charge < -0.3 is 11.1 Å². The minimum absolute atomic E-state index is 0.0638. The number of aromatic nitrogens is 2. The molecule has 1 saturated carbocycles. The van der Waals surface area contributed by atoms with Gasteiger partial charge in [0.25, 0.3) is 0 Å². The third kappa shape index (κ3) is 2.27. The van der Waals surface area contributed by atoms with Gasteiger partial charge in [-0.25, -0.2) is 17.9 Å². The van der Waals surface area contributed by atoms with Gasteiger partial charge in [-0.1, -0.05) is 0 Å². The number of nitrogen functional groups attached to an aromatic ring is 1. The van der Waals surface area contributed by atoms with Crippen LogP contribution in [-0.2, 0) is 0 Å². The van der Waals surface area contributed by atoms with Crippen LogP contribution in [0.3, 0.4) is 0 Å². The van der Waals surface area contributed by atoms with Crippen LogP contribution < -0.4 is 11.1 Å². The van der Waals surface area contributed by atoms with E-state index in [1.165, 1.54) is 0 Å². The number of anilines is 2. The van der Waals surface area contributed by atoms with Gasteiger partial charge in [-0.3, -0.25) is 0 Å². The second-order valence-corrected chi connectivity index (χ2v) is 4.77. The highest BCUT2D eigenvalue weighted by Crippen LogP contribution is 2.30. The molecule has 3 N–H and O–H groups in total. The van der Waals surface area contributed by atoms with Crippen molar-refractivity contribution in [2.24, 2.45) is 0 Å². The lowest BCUT2D eigenvalue weighted by atomic mass is 10.2. The van der Waals surface area contributed by atoms with Crippen LogP contribution in [0.2, 0.25) is 0 Å². The monoisotopic (exact) mass is 293 g/mol. The molecule has 0 bridgehead atoms. The smallest absolute Gasteiger partial charge is 0.194 e. The van der Waals surface area contributed by atoms with Crippen molar-refractivity contribution < 1.29 is 13.2 Å². The summed E-state index contributed by atoms with van der Waals surface area (Å²) in [4.78, 5) is 0. The van der Waals surface area contributed by atoms with E-state index in [9.17, 15) is 13.2 Å². The number of nitrogens with two attached hydrogens (primary N) is 1. The average Bonchev–Trinajstić information content (AvgIpc) is 3.19. The van der Waals surface area contributed by atoms with Crippen LogP contribution in [0.1, 0.15) is 18.4 Å². The molecule has 1 aromatic heterocycles. The second kappa shape index (κ2) is 4.70. The van der Waals surface area contributed by atoms with E-state index in [1.54, 1.807) is 0 Å². The van der Waals surface area contributed by atoms with Crippen LogP contribution >= 0.6 is 0 Å². The molecule has 108 valence electrons. The first kappa shape index (κ1) is 13.3. The lowest BCUT2D eigenvalue weighted by molar-refractivity contribution is 0.446. The zero-order valence-electron chi connectivity index (χ0n) is 10.7. The minimum Gasteiger partial charge on any atom is -0.382 e. The Morgan fingerprint density at radius 2 is 1.90 bits per heavy atom. The summed E-state index contributed by atoms with van der Waals surface area (Å²) in [6, 6.07) is 3.65. The van der Waals surface area contributed by atoms with Gasteiger partial charge in [0.05, 0.1) is 5.69 Å². The van der Waals surface area contributed by atoms with Gasteiger partial charge in [-0.05, 0) is 12.8 Å². The molecule has 2 aromatic rings. The fourth-order valence-corrected chi connectivity index (χ4v) is 1.92. The fraction of sp³-hybridized carbons (Fsp3) is 0.231. The van der Waals surface area contributed by atoms with Crippen LogP contribution in [0.4, 0.5) is 24.8 Å². The molecule has 1 aliphatic carbocycles. The molecular formula is C13H10F3N5. The molecule has 1 heterocycles. The van der Waals surface area contributed by atoms with E-state index in [1.807, 2.05) is 6.07 Å². The van der Waals surface area contributed by atoms with E-state index in [0.29, 0.717) is 0 Å². The van der Waals surface area contributed by atoms with Crippen LogP contribution in [0.25, 0.3) is 5.69 Å². The summed E-state index contributed by atoms with van der Waals surface area (Å²) in [6.45, 7) is 0. The molecule has 1 fully saturated rings. The molecule has 5 nitrogen and oxygen atoms in total. The molecule has 0 aliphatic heterocycles. The summed E-state index contributed by atoms with van der Waals surface area (Å²) in [5.41, 5.74) is 5.78. The van der Waals surface area contributed by atoms with Crippen molar-refractivity contribution in [1.82, 2.24) is 9.78 Å². The summed E-state index contributed by atoms with van der Waals surface area (Å²) >= 11 is 0. The summed E-state index contributed by atoms with van der Waals surface area (Å²) < 4.78 is 40.6. The molecule has 21 heavy (non-hydrogen) atoms. The Morgan fingerprint density at radius 1 is 1.29 bits per heavy atom. The number of hydrogen-bond donors (Lipinski definition) is 2. The Hall–Kier alpha value is -2.69. The number of benzene rings is 1. The Morgan fingerprint density at radius 3 is 2.43 bits per heavy atom. The van der Waals surface area contributed by atoms with E-state index < -0.39 is 17.5 Å². The highest BCUT2D eigenvalue weighted by atomic mass is 19.2. The third-order valence-electron chi connectivity index (χ3n) is 3.16. The molecule has 1 aliphatic rings. The quantitative estimate of drug-likeness (QED) is 0.851. The highest BCUT2D eigenvalue weighted by Gasteiger charge is 2.26. The lowest BCUT2D eigenvalue weighted by Gasteiger charge is -2.05. The highest BCUT2D eigenvalue weighted by molar-refractivity contribution is 5.66. The normalized spacial score (nSPS) is 14.0. The SMILES string of the molecule is N#Cc1c(NC2CC2)nn(-c2cc(F)c(F)c(F)c2)c1N. The van der Waals surface area contributed by atoms with E-state index in [-0.39, 0.29) is 28.9 Å². The van der Waals surface area contributed by atoms with Crippen molar-refractivity contribution in [2.75, 3.05) is 11.1 Å². The van der Waals surface area contributed by atoms with Crippen molar-refractivity contribution >= 4 is 11.6 Å². The Balaban J connectivity index is 2.10. The molecule has 1 aromatic carbocycles. The molecule has 0 spiro atoms. The third-order valence-corrected chi connectivity index (χ3v) is 3.16. The summed E-state index contributed by atoms with van der Waals surface area (Å²) in [6.07, 6.45) is 1.91. The van der Waals surface area contributed by atoms with Crippen LogP contribution in [0, 0.1) is 28.8 Å². The van der Waals surface area contributed by atoms with Crippen LogP contribution in [-0.4, -0.2) is 15.8 Å². The van der Waals surface area contributed by atoms with E-state index in [4.69, 9.17) is 11.0 Å². The van der Waals surface area contributed by atoms with Crippen molar-refractivity contribution in [2.45, 2.75) is 18.9 Å². The number of rotatable bonds is 3. The standard InChI is InChI=1S/C13H10F3N5/c14-9-3-7(4-10(15)11(9)16)21-12(18)8(5-17)13(20-21)19-6-1-2-6/h3-4,6H,1-2,18H2,(H,19,20). The predicted octanol–water partition coefficient (Wildman–Crippen LogP) is 2.32. The van der Waals surface area contributed by atoms with Gasteiger partial charge in [0.1, 0.15) is 17.5 Å². The van der Waals surface area contributed by atoms with Crippen molar-refractivity contribution in [3.8, 4) is 11.8 Å². The lowest BCUT2D eigenvalue weighted by Crippen LogP contribution is -2.06. The fourth-order valence-electron chi connectivity index (χ4n) is 1.92. The number of nitrogens with zero attached hydrogens (tertiary/aromatic N) is 3. The average molecular weight is 293 g/mol. The maximum atomic E-state index is 13.3. The molecule has 0 atom stereocenters. The van der Waals surface area contributed by atoms with Gasteiger partial charge in [0.2, 0.25) is 0 Å². The van der Waals surface area contributed by atoms with Crippen molar-refractivity contribution in [1.29, 1.82) is 5.26 Å². The maximum absolute atomic E-state index is 13.3. The van der Waals surface area contributed by atoms with Crippen LogP contribution in [0.15, 0.2) is 12.1 Å². The molecule has 8 heteroatoms. The minimum atomic E-state index is -1.57. The second-order valence-electron chi connectivity index (χ2n) is 4.77. The van der Waals surface area contributed by atoms with Crippen LogP contribution in [0.5, 0.6) is 0 Å². The number of nitrogens with one attached hydrogen (secondary N) is 1. The number of hydrogen-bond acceptors (Lipinski definition) is 4. The van der Waals surface area contributed by atoms with Gasteiger partial charge >= 0.3 is 0 Å². The Kier molecular flexibility index (Phi) is 2.97. The molecule has 3 rings (SSSR count). The first-order valence-electron chi connectivity index (χ1n) is 6.21. The summed E-state index contributed by atoms with van der Waals surface area (Å²) in [5, 5.41) is 16.2. The summed E-state index contributed by atoms with van der Waals surface area (Å²) in [5.74, 6) is -4.08. The van der Waals surface area contributed by atoms with Gasteiger partial charge in [-0.2, -0.15) is 5.26 Å². The van der Waals surface area contributed by atoms with Gasteiger partial charge in [0, 0.05) is 18.2 Å². The predicted molar refractivity (Wildman–Crippen MR) is 69.2 cm³/mol. The van der Waals surface area contributed by atoms with E-state index in [2.05, 4.69) is 10.4 Å². The topological polar surface area (TPSA) is 79.7 Å². The van der Waals surface area contributed by atoms with Crippen molar-refractivity contribution in [3.63, 3.8) is 0 Å². The molecule has 0 saturated heterocycles. The number of nitriles is 1.